The van der Waals surface area contributed by atoms with Crippen molar-refractivity contribution in [3.8, 4) is 23.3 Å². The number of hydrogen-bond donors (Lipinski definition) is 1. The Hall–Kier alpha value is -3.84. The number of rotatable bonds is 5. The molecule has 0 unspecified atom stereocenters. The average Bonchev–Trinajstić information content (AvgIpc) is 2.67. The van der Waals surface area contributed by atoms with Crippen molar-refractivity contribution in [2.75, 3.05) is 18.9 Å². The molecular weight excluding hydrogens is 346 g/mol. The molecule has 0 fully saturated rings. The van der Waals surface area contributed by atoms with Crippen LogP contribution in [0.1, 0.15) is 45.7 Å². The number of carbonyl (C=O) groups is 2. The third-order valence-corrected chi connectivity index (χ3v) is 3.78. The highest BCUT2D eigenvalue weighted by Gasteiger charge is 2.32. The lowest BCUT2D eigenvalue weighted by Gasteiger charge is -2.18. The quantitative estimate of drug-likeness (QED) is 0.639. The van der Waals surface area contributed by atoms with Gasteiger partial charge in [-0.25, -0.2) is 9.59 Å². The summed E-state index contributed by atoms with van der Waals surface area (Å²) in [6.07, 6.45) is 0. The van der Waals surface area contributed by atoms with Crippen LogP contribution in [-0.2, 0) is 9.47 Å². The van der Waals surface area contributed by atoms with E-state index in [1.54, 1.807) is 44.2 Å². The molecule has 2 aromatic rings. The van der Waals surface area contributed by atoms with E-state index in [0.29, 0.717) is 5.56 Å². The summed E-state index contributed by atoms with van der Waals surface area (Å²) >= 11 is 0. The minimum Gasteiger partial charge on any atom is -0.462 e. The minimum absolute atomic E-state index is 0.0343. The first-order valence-electron chi connectivity index (χ1n) is 8.20. The summed E-state index contributed by atoms with van der Waals surface area (Å²) in [7, 11) is 0. The number of nitriles is 2. The number of ether oxygens (including phenoxy) is 2. The summed E-state index contributed by atoms with van der Waals surface area (Å²) < 4.78 is 10.1. The largest absolute Gasteiger partial charge is 0.462 e. The summed E-state index contributed by atoms with van der Waals surface area (Å²) in [6, 6.07) is 12.3. The SMILES string of the molecule is CCOC(=O)c1c(C#N)c(N)c(C#N)c(-c2ccccc2)c1C(=O)OCC. The van der Waals surface area contributed by atoms with Gasteiger partial charge in [0.2, 0.25) is 0 Å². The van der Waals surface area contributed by atoms with Crippen LogP contribution in [0.5, 0.6) is 0 Å². The van der Waals surface area contributed by atoms with Gasteiger partial charge in [-0.3, -0.25) is 0 Å². The van der Waals surface area contributed by atoms with E-state index in [2.05, 4.69) is 0 Å². The van der Waals surface area contributed by atoms with Gasteiger partial charge in [0.25, 0.3) is 0 Å². The van der Waals surface area contributed by atoms with Gasteiger partial charge in [-0.2, -0.15) is 10.5 Å². The molecule has 7 heteroatoms. The van der Waals surface area contributed by atoms with Crippen LogP contribution in [0.3, 0.4) is 0 Å². The first kappa shape index (κ1) is 19.5. The molecule has 0 heterocycles. The van der Waals surface area contributed by atoms with Gasteiger partial charge in [-0.05, 0) is 19.4 Å². The Balaban J connectivity index is 3.05. The molecule has 27 heavy (non-hydrogen) atoms. The fourth-order valence-corrected chi connectivity index (χ4v) is 2.71. The summed E-state index contributed by atoms with van der Waals surface area (Å²) in [5, 5.41) is 19.2. The average molecular weight is 363 g/mol. The fourth-order valence-electron chi connectivity index (χ4n) is 2.71. The summed E-state index contributed by atoms with van der Waals surface area (Å²) in [5.74, 6) is -1.72. The van der Waals surface area contributed by atoms with Crippen LogP contribution in [0.15, 0.2) is 30.3 Å². The van der Waals surface area contributed by atoms with Crippen LogP contribution >= 0.6 is 0 Å². The molecule has 0 saturated carbocycles. The van der Waals surface area contributed by atoms with Crippen LogP contribution in [0, 0.1) is 22.7 Å². The molecule has 2 aromatic carbocycles. The smallest absolute Gasteiger partial charge is 0.340 e. The molecule has 2 rings (SSSR count). The lowest BCUT2D eigenvalue weighted by molar-refractivity contribution is 0.0479. The Morgan fingerprint density at radius 3 is 1.93 bits per heavy atom. The zero-order chi connectivity index (χ0) is 20.0. The Bertz CT molecular complexity index is 970. The Labute approximate surface area is 156 Å². The third kappa shape index (κ3) is 3.58. The topological polar surface area (TPSA) is 126 Å². The predicted molar refractivity (Wildman–Crippen MR) is 97.6 cm³/mol. The molecule has 0 bridgehead atoms. The number of hydrogen-bond acceptors (Lipinski definition) is 7. The maximum Gasteiger partial charge on any atom is 0.340 e. The number of nitrogens with two attached hydrogens (primary N) is 1. The molecule has 0 saturated heterocycles. The van der Waals surface area contributed by atoms with E-state index >= 15 is 0 Å². The van der Waals surface area contributed by atoms with Crippen molar-refractivity contribution >= 4 is 17.6 Å². The van der Waals surface area contributed by atoms with Gasteiger partial charge >= 0.3 is 11.9 Å². The van der Waals surface area contributed by atoms with Crippen LogP contribution in [0.4, 0.5) is 5.69 Å². The summed E-state index contributed by atoms with van der Waals surface area (Å²) in [4.78, 5) is 25.3. The van der Waals surface area contributed by atoms with Gasteiger partial charge in [0.15, 0.2) is 0 Å². The zero-order valence-corrected chi connectivity index (χ0v) is 14.9. The van der Waals surface area contributed by atoms with Gasteiger partial charge in [-0.15, -0.1) is 0 Å². The van der Waals surface area contributed by atoms with Crippen molar-refractivity contribution in [2.24, 2.45) is 0 Å². The number of anilines is 1. The van der Waals surface area contributed by atoms with E-state index in [0.717, 1.165) is 0 Å². The maximum absolute atomic E-state index is 12.7. The van der Waals surface area contributed by atoms with Crippen LogP contribution in [0.2, 0.25) is 0 Å². The van der Waals surface area contributed by atoms with Crippen molar-refractivity contribution in [1.29, 1.82) is 10.5 Å². The second kappa shape index (κ2) is 8.50. The van der Waals surface area contributed by atoms with Gasteiger partial charge in [0, 0.05) is 5.56 Å². The van der Waals surface area contributed by atoms with Crippen LogP contribution < -0.4 is 5.73 Å². The van der Waals surface area contributed by atoms with Gasteiger partial charge < -0.3 is 15.2 Å². The van der Waals surface area contributed by atoms with Crippen molar-refractivity contribution in [3.05, 3.63) is 52.6 Å². The molecule has 7 nitrogen and oxygen atoms in total. The molecule has 0 atom stereocenters. The van der Waals surface area contributed by atoms with Crippen LogP contribution in [0.25, 0.3) is 11.1 Å². The molecule has 0 aliphatic carbocycles. The van der Waals surface area contributed by atoms with Crippen LogP contribution in [-0.4, -0.2) is 25.2 Å². The maximum atomic E-state index is 12.7. The molecule has 0 aromatic heterocycles. The van der Waals surface area contributed by atoms with Crippen molar-refractivity contribution < 1.29 is 19.1 Å². The second-order valence-corrected chi connectivity index (χ2v) is 5.32. The monoisotopic (exact) mass is 363 g/mol. The number of carbonyl (C=O) groups excluding carboxylic acids is 2. The molecule has 0 amide bonds. The van der Waals surface area contributed by atoms with E-state index in [1.165, 1.54) is 0 Å². The number of esters is 2. The first-order chi connectivity index (χ1) is 13.0. The zero-order valence-electron chi connectivity index (χ0n) is 14.9. The Kier molecular flexibility index (Phi) is 6.14. The van der Waals surface area contributed by atoms with E-state index in [9.17, 15) is 20.1 Å². The minimum atomic E-state index is -0.884. The lowest BCUT2D eigenvalue weighted by Crippen LogP contribution is -2.20. The summed E-state index contributed by atoms with van der Waals surface area (Å²) in [5.41, 5.74) is 5.59. The standard InChI is InChI=1S/C20H17N3O4/c1-3-26-19(24)16-14(11-22)18(23)13(10-21)15(12-8-6-5-7-9-12)17(16)20(25)27-4-2/h5-9H,3-4,23H2,1-2H3. The van der Waals surface area contributed by atoms with Crippen molar-refractivity contribution in [2.45, 2.75) is 13.8 Å². The Morgan fingerprint density at radius 2 is 1.44 bits per heavy atom. The van der Waals surface area contributed by atoms with E-state index in [4.69, 9.17) is 15.2 Å². The first-order valence-corrected chi connectivity index (χ1v) is 8.20. The molecular formula is C20H17N3O4. The molecule has 0 aliphatic heterocycles. The van der Waals surface area contributed by atoms with E-state index in [-0.39, 0.29) is 46.7 Å². The molecule has 2 N–H and O–H groups in total. The fraction of sp³-hybridized carbons (Fsp3) is 0.200. The van der Waals surface area contributed by atoms with E-state index in [1.807, 2.05) is 12.1 Å². The predicted octanol–water partition coefficient (Wildman–Crippen LogP) is 3.03. The number of nitrogens with zero attached hydrogens (tertiary/aromatic N) is 2. The Morgan fingerprint density at radius 1 is 0.926 bits per heavy atom. The van der Waals surface area contributed by atoms with Gasteiger partial charge in [0.1, 0.15) is 12.1 Å². The molecule has 0 aliphatic rings. The van der Waals surface area contributed by atoms with E-state index < -0.39 is 11.9 Å². The number of nitrogen functional groups attached to an aromatic ring is 1. The highest BCUT2D eigenvalue weighted by molar-refractivity contribution is 6.12. The highest BCUT2D eigenvalue weighted by Crippen LogP contribution is 2.37. The summed E-state index contributed by atoms with van der Waals surface area (Å²) in [6.45, 7) is 3.28. The lowest BCUT2D eigenvalue weighted by atomic mass is 9.86. The van der Waals surface area contributed by atoms with Crippen molar-refractivity contribution in [3.63, 3.8) is 0 Å². The molecule has 0 radical (unpaired) electrons. The highest BCUT2D eigenvalue weighted by atomic mass is 16.5. The van der Waals surface area contributed by atoms with Crippen molar-refractivity contribution in [1.82, 2.24) is 0 Å². The van der Waals surface area contributed by atoms with Gasteiger partial charge in [-0.1, -0.05) is 30.3 Å². The van der Waals surface area contributed by atoms with Gasteiger partial charge in [0.05, 0.1) is 41.2 Å². The normalized spacial score (nSPS) is 9.78. The molecule has 136 valence electrons. The number of benzene rings is 2. The molecule has 0 spiro atoms. The second-order valence-electron chi connectivity index (χ2n) is 5.32. The third-order valence-electron chi connectivity index (χ3n) is 3.78.